The predicted molar refractivity (Wildman–Crippen MR) is 69.7 cm³/mol. The minimum Gasteiger partial charge on any atom is -0.353 e. The summed E-state index contributed by atoms with van der Waals surface area (Å²) in [6.45, 7) is 9.10. The van der Waals surface area contributed by atoms with Crippen molar-refractivity contribution < 1.29 is 13.2 Å². The normalized spacial score (nSPS) is 14.1. The van der Waals surface area contributed by atoms with Crippen LogP contribution in [0.4, 0.5) is 0 Å². The van der Waals surface area contributed by atoms with Crippen LogP contribution in [0.3, 0.4) is 0 Å². The van der Waals surface area contributed by atoms with E-state index < -0.39 is 9.84 Å². The maximum Gasteiger partial charge on any atom is 0.237 e. The summed E-state index contributed by atoms with van der Waals surface area (Å²) >= 11 is 0. The highest BCUT2D eigenvalue weighted by molar-refractivity contribution is 7.92. The van der Waals surface area contributed by atoms with Crippen LogP contribution in [-0.2, 0) is 14.6 Å². The molecule has 6 heteroatoms. The fourth-order valence-electron chi connectivity index (χ4n) is 1.16. The summed E-state index contributed by atoms with van der Waals surface area (Å²) in [7, 11) is -3.04. The van der Waals surface area contributed by atoms with Crippen LogP contribution >= 0.6 is 0 Å². The number of sulfone groups is 1. The van der Waals surface area contributed by atoms with Crippen molar-refractivity contribution in [2.24, 2.45) is 0 Å². The van der Waals surface area contributed by atoms with Gasteiger partial charge < -0.3 is 10.6 Å². The van der Waals surface area contributed by atoms with E-state index in [0.29, 0.717) is 6.54 Å². The molecule has 0 fully saturated rings. The molecule has 1 atom stereocenters. The molecule has 1 amide bonds. The molecule has 0 heterocycles. The largest absolute Gasteiger partial charge is 0.353 e. The van der Waals surface area contributed by atoms with E-state index in [2.05, 4.69) is 10.6 Å². The molecule has 102 valence electrons. The van der Waals surface area contributed by atoms with Gasteiger partial charge in [0, 0.05) is 12.6 Å². The van der Waals surface area contributed by atoms with Crippen LogP contribution in [0.2, 0.25) is 0 Å². The summed E-state index contributed by atoms with van der Waals surface area (Å²) in [6.07, 6.45) is 0. The molecule has 0 saturated heterocycles. The number of amides is 1. The molecular formula is C11H24N2O3S. The van der Waals surface area contributed by atoms with E-state index in [4.69, 9.17) is 0 Å². The third kappa shape index (κ3) is 6.63. The van der Waals surface area contributed by atoms with Gasteiger partial charge in [0.05, 0.1) is 17.0 Å². The van der Waals surface area contributed by atoms with E-state index in [1.807, 2.05) is 13.8 Å². The van der Waals surface area contributed by atoms with Gasteiger partial charge in [-0.2, -0.15) is 0 Å². The Morgan fingerprint density at radius 2 is 1.65 bits per heavy atom. The molecule has 2 N–H and O–H groups in total. The first-order valence-electron chi connectivity index (χ1n) is 5.92. The van der Waals surface area contributed by atoms with Crippen LogP contribution in [0.5, 0.6) is 0 Å². The molecule has 5 nitrogen and oxygen atoms in total. The van der Waals surface area contributed by atoms with Gasteiger partial charge in [0.25, 0.3) is 0 Å². The molecule has 0 aliphatic heterocycles. The van der Waals surface area contributed by atoms with Crippen molar-refractivity contribution in [2.45, 2.75) is 52.0 Å². The molecule has 0 bridgehead atoms. The first kappa shape index (κ1) is 16.4. The molecule has 0 aromatic carbocycles. The van der Waals surface area contributed by atoms with Crippen LogP contribution in [0.15, 0.2) is 0 Å². The molecule has 0 radical (unpaired) electrons. The van der Waals surface area contributed by atoms with Crippen LogP contribution < -0.4 is 10.6 Å². The quantitative estimate of drug-likeness (QED) is 0.694. The lowest BCUT2D eigenvalue weighted by Gasteiger charge is -2.16. The fourth-order valence-corrected chi connectivity index (χ4v) is 2.03. The van der Waals surface area contributed by atoms with Crippen molar-refractivity contribution in [1.82, 2.24) is 10.6 Å². The predicted octanol–water partition coefficient (Wildman–Crippen LogP) is 0.312. The van der Waals surface area contributed by atoms with Crippen LogP contribution in [-0.4, -0.2) is 44.0 Å². The monoisotopic (exact) mass is 264 g/mol. The van der Waals surface area contributed by atoms with E-state index in [0.717, 1.165) is 0 Å². The van der Waals surface area contributed by atoms with E-state index in [9.17, 15) is 13.2 Å². The number of rotatable bonds is 7. The molecule has 17 heavy (non-hydrogen) atoms. The molecule has 0 aliphatic carbocycles. The van der Waals surface area contributed by atoms with Gasteiger partial charge >= 0.3 is 0 Å². The van der Waals surface area contributed by atoms with Gasteiger partial charge in [-0.3, -0.25) is 4.79 Å². The third-order valence-electron chi connectivity index (χ3n) is 2.38. The highest BCUT2D eigenvalue weighted by atomic mass is 32.2. The fraction of sp³-hybridized carbons (Fsp3) is 0.909. The topological polar surface area (TPSA) is 75.3 Å². The van der Waals surface area contributed by atoms with Crippen LogP contribution in [0, 0.1) is 0 Å². The Morgan fingerprint density at radius 3 is 2.06 bits per heavy atom. The molecular weight excluding hydrogens is 240 g/mol. The maximum absolute atomic E-state index is 11.5. The average molecular weight is 264 g/mol. The second kappa shape index (κ2) is 6.96. The molecule has 1 unspecified atom stereocenters. The zero-order valence-corrected chi connectivity index (χ0v) is 12.1. The molecule has 0 rings (SSSR count). The van der Waals surface area contributed by atoms with Gasteiger partial charge in [0.1, 0.15) is 0 Å². The lowest BCUT2D eigenvalue weighted by atomic mass is 10.3. The van der Waals surface area contributed by atoms with E-state index in [1.54, 1.807) is 20.8 Å². The van der Waals surface area contributed by atoms with Crippen molar-refractivity contribution in [3.05, 3.63) is 0 Å². The van der Waals surface area contributed by atoms with Crippen molar-refractivity contribution in [3.63, 3.8) is 0 Å². The third-order valence-corrected chi connectivity index (χ3v) is 4.59. The Balaban J connectivity index is 4.02. The lowest BCUT2D eigenvalue weighted by Crippen LogP contribution is -2.46. The van der Waals surface area contributed by atoms with Gasteiger partial charge in [-0.05, 0) is 34.6 Å². The Bertz CT molecular complexity index is 337. The first-order chi connectivity index (χ1) is 7.66. The van der Waals surface area contributed by atoms with E-state index in [-0.39, 0.29) is 29.0 Å². The van der Waals surface area contributed by atoms with Gasteiger partial charge in [-0.15, -0.1) is 0 Å². The zero-order valence-electron chi connectivity index (χ0n) is 11.3. The van der Waals surface area contributed by atoms with Gasteiger partial charge in [0.15, 0.2) is 9.84 Å². The highest BCUT2D eigenvalue weighted by Gasteiger charge is 2.17. The van der Waals surface area contributed by atoms with Gasteiger partial charge in [-0.1, -0.05) is 0 Å². The Labute approximate surface area is 104 Å². The standard InChI is InChI=1S/C11H24N2O3S/c1-8(2)13-11(14)10(5)12-6-7-17(15,16)9(3)4/h8-10,12H,6-7H2,1-5H3,(H,13,14). The van der Waals surface area contributed by atoms with Crippen molar-refractivity contribution in [1.29, 1.82) is 0 Å². The Kier molecular flexibility index (Phi) is 6.70. The highest BCUT2D eigenvalue weighted by Crippen LogP contribution is 1.99. The summed E-state index contributed by atoms with van der Waals surface area (Å²) in [5.41, 5.74) is 0. The van der Waals surface area contributed by atoms with Gasteiger partial charge in [-0.25, -0.2) is 8.42 Å². The number of carbonyl (C=O) groups excluding carboxylic acids is 1. The summed E-state index contributed by atoms with van der Waals surface area (Å²) in [6, 6.07) is -0.286. The molecule has 0 spiro atoms. The molecule has 0 aromatic rings. The van der Waals surface area contributed by atoms with E-state index in [1.165, 1.54) is 0 Å². The maximum atomic E-state index is 11.5. The van der Waals surface area contributed by atoms with Gasteiger partial charge in [0.2, 0.25) is 5.91 Å². The second-order valence-electron chi connectivity index (χ2n) is 4.75. The van der Waals surface area contributed by atoms with Crippen molar-refractivity contribution in [3.8, 4) is 0 Å². The zero-order chi connectivity index (χ0) is 13.6. The number of hydrogen-bond donors (Lipinski definition) is 2. The van der Waals surface area contributed by atoms with Crippen LogP contribution in [0.1, 0.15) is 34.6 Å². The second-order valence-corrected chi connectivity index (χ2v) is 7.43. The minimum absolute atomic E-state index is 0.0595. The SMILES string of the molecule is CC(C)NC(=O)C(C)NCCS(=O)(=O)C(C)C. The minimum atomic E-state index is -3.04. The van der Waals surface area contributed by atoms with E-state index >= 15 is 0 Å². The molecule has 0 aromatic heterocycles. The Morgan fingerprint density at radius 1 is 1.12 bits per heavy atom. The molecule has 0 saturated carbocycles. The summed E-state index contributed by atoms with van der Waals surface area (Å²) < 4.78 is 23.0. The summed E-state index contributed by atoms with van der Waals surface area (Å²) in [5.74, 6) is -0.0498. The Hall–Kier alpha value is -0.620. The van der Waals surface area contributed by atoms with Crippen molar-refractivity contribution in [2.75, 3.05) is 12.3 Å². The summed E-state index contributed by atoms with van der Waals surface area (Å²) in [5, 5.41) is 5.30. The number of carbonyl (C=O) groups is 1. The number of nitrogens with one attached hydrogen (secondary N) is 2. The lowest BCUT2D eigenvalue weighted by molar-refractivity contribution is -0.123. The first-order valence-corrected chi connectivity index (χ1v) is 7.63. The smallest absolute Gasteiger partial charge is 0.237 e. The number of hydrogen-bond acceptors (Lipinski definition) is 4. The average Bonchev–Trinajstić information content (AvgIpc) is 2.15. The molecule has 0 aliphatic rings. The van der Waals surface area contributed by atoms with Crippen LogP contribution in [0.25, 0.3) is 0 Å². The summed E-state index contributed by atoms with van der Waals surface area (Å²) in [4.78, 5) is 11.5. The van der Waals surface area contributed by atoms with Crippen molar-refractivity contribution >= 4 is 15.7 Å².